The van der Waals surface area contributed by atoms with E-state index in [1.54, 1.807) is 0 Å². The van der Waals surface area contributed by atoms with E-state index in [0.29, 0.717) is 0 Å². The molecule has 0 bridgehead atoms. The number of hydrogen-bond donors (Lipinski definition) is 0. The van der Waals surface area contributed by atoms with Gasteiger partial charge < -0.3 is 0 Å². The highest BCUT2D eigenvalue weighted by atomic mass is 15.3. The molecule has 19 heavy (non-hydrogen) atoms. The summed E-state index contributed by atoms with van der Waals surface area (Å²) in [6, 6.07) is 1.66. The lowest BCUT2D eigenvalue weighted by molar-refractivity contribution is -0.00835. The molecule has 2 aliphatic heterocycles. The molecule has 0 aromatic carbocycles. The van der Waals surface area contributed by atoms with Crippen LogP contribution in [-0.2, 0) is 0 Å². The lowest BCUT2D eigenvalue weighted by Gasteiger charge is -2.50. The fourth-order valence-electron chi connectivity index (χ4n) is 3.86. The van der Waals surface area contributed by atoms with E-state index in [4.69, 9.17) is 0 Å². The summed E-state index contributed by atoms with van der Waals surface area (Å²) in [5.74, 6) is 1.65. The fraction of sp³-hybridized carbons (Fsp3) is 1.00. The van der Waals surface area contributed by atoms with Crippen LogP contribution >= 0.6 is 0 Å². The van der Waals surface area contributed by atoms with E-state index < -0.39 is 0 Å². The van der Waals surface area contributed by atoms with Crippen LogP contribution in [0.15, 0.2) is 0 Å². The van der Waals surface area contributed by atoms with E-state index in [0.717, 1.165) is 23.9 Å². The Bertz CT molecular complexity index is 262. The van der Waals surface area contributed by atoms with Crippen molar-refractivity contribution in [2.45, 2.75) is 71.9 Å². The van der Waals surface area contributed by atoms with E-state index in [9.17, 15) is 0 Å². The fourth-order valence-corrected chi connectivity index (χ4v) is 3.86. The van der Waals surface area contributed by atoms with Gasteiger partial charge in [-0.3, -0.25) is 9.80 Å². The Morgan fingerprint density at radius 1 is 1.05 bits per heavy atom. The highest BCUT2D eigenvalue weighted by molar-refractivity contribution is 4.91. The van der Waals surface area contributed by atoms with Crippen molar-refractivity contribution in [3.63, 3.8) is 0 Å². The summed E-state index contributed by atoms with van der Waals surface area (Å²) in [5.41, 5.74) is 0. The number of nitrogens with zero attached hydrogens (tertiary/aromatic N) is 2. The van der Waals surface area contributed by atoms with Gasteiger partial charge in [-0.2, -0.15) is 0 Å². The molecule has 2 atom stereocenters. The molecule has 2 rings (SSSR count). The maximum Gasteiger partial charge on any atom is 0.0246 e. The lowest BCUT2D eigenvalue weighted by Crippen LogP contribution is -2.61. The Hall–Kier alpha value is -0.0800. The first kappa shape index (κ1) is 15.3. The second-order valence-corrected chi connectivity index (χ2v) is 7.49. The van der Waals surface area contributed by atoms with Gasteiger partial charge in [0.2, 0.25) is 0 Å². The first-order chi connectivity index (χ1) is 9.08. The molecule has 0 N–H and O–H groups in total. The molecule has 0 aromatic heterocycles. The number of rotatable bonds is 5. The van der Waals surface area contributed by atoms with Crippen molar-refractivity contribution >= 4 is 0 Å². The summed E-state index contributed by atoms with van der Waals surface area (Å²) >= 11 is 0. The van der Waals surface area contributed by atoms with Crippen LogP contribution in [0.5, 0.6) is 0 Å². The Morgan fingerprint density at radius 3 is 2.53 bits per heavy atom. The predicted molar refractivity (Wildman–Crippen MR) is 83.5 cm³/mol. The van der Waals surface area contributed by atoms with Gasteiger partial charge in [0, 0.05) is 25.2 Å². The topological polar surface area (TPSA) is 6.48 Å². The molecular weight excluding hydrogens is 232 g/mol. The minimum Gasteiger partial charge on any atom is -0.298 e. The van der Waals surface area contributed by atoms with Crippen LogP contribution in [0.1, 0.15) is 59.8 Å². The minimum absolute atomic E-state index is 0.793. The molecule has 2 heteroatoms. The zero-order chi connectivity index (χ0) is 13.8. The van der Waals surface area contributed by atoms with E-state index in [2.05, 4.69) is 37.5 Å². The van der Waals surface area contributed by atoms with Crippen LogP contribution in [0.4, 0.5) is 0 Å². The Kier molecular flexibility index (Phi) is 5.70. The zero-order valence-electron chi connectivity index (χ0n) is 13.6. The third-order valence-corrected chi connectivity index (χ3v) is 5.08. The molecule has 2 aliphatic rings. The highest BCUT2D eigenvalue weighted by Crippen LogP contribution is 2.27. The lowest BCUT2D eigenvalue weighted by atomic mass is 9.91. The van der Waals surface area contributed by atoms with E-state index in [1.165, 1.54) is 58.3 Å². The van der Waals surface area contributed by atoms with Crippen molar-refractivity contribution in [1.82, 2.24) is 9.80 Å². The van der Waals surface area contributed by atoms with Crippen LogP contribution in [0, 0.1) is 11.8 Å². The summed E-state index contributed by atoms with van der Waals surface area (Å²) in [7, 11) is 0. The van der Waals surface area contributed by atoms with Gasteiger partial charge in [-0.05, 0) is 50.6 Å². The molecular formula is C17H34N2. The van der Waals surface area contributed by atoms with Gasteiger partial charge in [0.1, 0.15) is 0 Å². The third kappa shape index (κ3) is 4.19. The van der Waals surface area contributed by atoms with Gasteiger partial charge in [0.05, 0.1) is 0 Å². The maximum absolute atomic E-state index is 2.82. The van der Waals surface area contributed by atoms with Crippen LogP contribution in [0.2, 0.25) is 0 Å². The summed E-state index contributed by atoms with van der Waals surface area (Å²) in [5, 5.41) is 0. The SMILES string of the molecule is CC(C)CCCN1CC2CCCCN2CC1C(C)C. The second kappa shape index (κ2) is 7.08. The predicted octanol–water partition coefficient (Wildman–Crippen LogP) is 3.62. The van der Waals surface area contributed by atoms with Gasteiger partial charge in [-0.15, -0.1) is 0 Å². The van der Waals surface area contributed by atoms with Crippen molar-refractivity contribution in [2.75, 3.05) is 26.2 Å². The molecule has 112 valence electrons. The van der Waals surface area contributed by atoms with Gasteiger partial charge >= 0.3 is 0 Å². The normalized spacial score (nSPS) is 30.0. The molecule has 2 fully saturated rings. The molecule has 0 aliphatic carbocycles. The monoisotopic (exact) mass is 266 g/mol. The van der Waals surface area contributed by atoms with Crippen LogP contribution in [0.3, 0.4) is 0 Å². The molecule has 0 spiro atoms. The van der Waals surface area contributed by atoms with Crippen LogP contribution < -0.4 is 0 Å². The summed E-state index contributed by atoms with van der Waals surface area (Å²) in [4.78, 5) is 5.60. The number of piperidine rings is 1. The zero-order valence-corrected chi connectivity index (χ0v) is 13.6. The molecule has 2 nitrogen and oxygen atoms in total. The Morgan fingerprint density at radius 2 is 1.84 bits per heavy atom. The molecule has 2 unspecified atom stereocenters. The summed E-state index contributed by atoms with van der Waals surface area (Å²) in [6.07, 6.45) is 7.08. The van der Waals surface area contributed by atoms with Crippen molar-refractivity contribution in [3.8, 4) is 0 Å². The summed E-state index contributed by atoms with van der Waals surface area (Å²) in [6.45, 7) is 14.8. The summed E-state index contributed by atoms with van der Waals surface area (Å²) < 4.78 is 0. The van der Waals surface area contributed by atoms with E-state index >= 15 is 0 Å². The number of fused-ring (bicyclic) bond motifs is 1. The maximum atomic E-state index is 2.82. The first-order valence-corrected chi connectivity index (χ1v) is 8.56. The molecule has 0 amide bonds. The van der Waals surface area contributed by atoms with Crippen molar-refractivity contribution in [3.05, 3.63) is 0 Å². The van der Waals surface area contributed by atoms with E-state index in [1.807, 2.05) is 0 Å². The molecule has 2 heterocycles. The Labute approximate surface area is 120 Å². The van der Waals surface area contributed by atoms with Crippen molar-refractivity contribution < 1.29 is 0 Å². The van der Waals surface area contributed by atoms with Crippen molar-refractivity contribution in [1.29, 1.82) is 0 Å². The largest absolute Gasteiger partial charge is 0.298 e. The Balaban J connectivity index is 1.90. The van der Waals surface area contributed by atoms with Crippen LogP contribution in [-0.4, -0.2) is 48.1 Å². The molecule has 2 saturated heterocycles. The van der Waals surface area contributed by atoms with Crippen molar-refractivity contribution in [2.24, 2.45) is 11.8 Å². The molecule has 0 radical (unpaired) electrons. The van der Waals surface area contributed by atoms with E-state index in [-0.39, 0.29) is 0 Å². The smallest absolute Gasteiger partial charge is 0.0246 e. The highest BCUT2D eigenvalue weighted by Gasteiger charge is 2.35. The van der Waals surface area contributed by atoms with Gasteiger partial charge in [0.25, 0.3) is 0 Å². The average Bonchev–Trinajstić information content (AvgIpc) is 2.37. The van der Waals surface area contributed by atoms with Gasteiger partial charge in [0.15, 0.2) is 0 Å². The van der Waals surface area contributed by atoms with Crippen LogP contribution in [0.25, 0.3) is 0 Å². The standard InChI is InChI=1S/C17H34N2/c1-14(2)8-7-11-19-12-16-9-5-6-10-18(16)13-17(19)15(3)4/h14-17H,5-13H2,1-4H3. The first-order valence-electron chi connectivity index (χ1n) is 8.56. The number of piperazine rings is 1. The average molecular weight is 266 g/mol. The minimum atomic E-state index is 0.793. The molecule has 0 aromatic rings. The van der Waals surface area contributed by atoms with Gasteiger partial charge in [-0.25, -0.2) is 0 Å². The number of hydrogen-bond acceptors (Lipinski definition) is 2. The second-order valence-electron chi connectivity index (χ2n) is 7.49. The van der Waals surface area contributed by atoms with Gasteiger partial charge in [-0.1, -0.05) is 34.1 Å². The third-order valence-electron chi connectivity index (χ3n) is 5.08. The molecule has 0 saturated carbocycles. The quantitative estimate of drug-likeness (QED) is 0.750.